The number of hydrogen-bond donors (Lipinski definition) is 1. The van der Waals surface area contributed by atoms with Crippen LogP contribution in [0.15, 0.2) is 77.4 Å². The summed E-state index contributed by atoms with van der Waals surface area (Å²) in [5.41, 5.74) is 4.89. The third-order valence-corrected chi connectivity index (χ3v) is 4.80. The number of anilines is 1. The molecular weight excluding hydrogens is 330 g/mol. The van der Waals surface area contributed by atoms with Crippen molar-refractivity contribution in [1.29, 1.82) is 0 Å². The molecule has 2 aromatic heterocycles. The number of amides is 1. The fourth-order valence-corrected chi connectivity index (χ4v) is 3.41. The first-order valence-electron chi connectivity index (χ1n) is 7.92. The Morgan fingerprint density at radius 2 is 1.92 bits per heavy atom. The smallest absolute Gasteiger partial charge is 0.265 e. The van der Waals surface area contributed by atoms with Gasteiger partial charge in [-0.2, -0.15) is 0 Å². The minimum Gasteiger partial charge on any atom is -0.321 e. The van der Waals surface area contributed by atoms with Gasteiger partial charge in [0.2, 0.25) is 0 Å². The van der Waals surface area contributed by atoms with Crippen molar-refractivity contribution in [2.75, 3.05) is 11.9 Å². The van der Waals surface area contributed by atoms with Gasteiger partial charge in [0.25, 0.3) is 5.91 Å². The van der Waals surface area contributed by atoms with Gasteiger partial charge in [0.05, 0.1) is 17.1 Å². The minimum atomic E-state index is -0.0922. The second-order valence-corrected chi connectivity index (χ2v) is 6.50. The first kappa shape index (κ1) is 15.5. The molecule has 0 bridgehead atoms. The van der Waals surface area contributed by atoms with E-state index in [4.69, 9.17) is 0 Å². The van der Waals surface area contributed by atoms with Crippen molar-refractivity contribution in [2.24, 2.45) is 4.99 Å². The summed E-state index contributed by atoms with van der Waals surface area (Å²) in [4.78, 5) is 21.6. The van der Waals surface area contributed by atoms with E-state index in [-0.39, 0.29) is 5.91 Å². The Hall–Kier alpha value is -3.05. The standard InChI is InChI=1S/C20H15N3OS/c24-20(18-5-2-12-25-18)23-16-4-1-3-15(13-16)19-17(8-11-22-19)14-6-9-21-10-7-14/h1-10,12-13H,11H2,(H,23,24). The van der Waals surface area contributed by atoms with Crippen LogP contribution in [-0.4, -0.2) is 23.1 Å². The number of allylic oxidation sites excluding steroid dienone is 1. The van der Waals surface area contributed by atoms with Crippen molar-refractivity contribution in [3.05, 3.63) is 88.4 Å². The zero-order valence-corrected chi connectivity index (χ0v) is 14.2. The average molecular weight is 345 g/mol. The van der Waals surface area contributed by atoms with Crippen LogP contribution in [0.25, 0.3) is 5.57 Å². The molecule has 0 spiro atoms. The van der Waals surface area contributed by atoms with E-state index in [1.165, 1.54) is 11.3 Å². The summed E-state index contributed by atoms with van der Waals surface area (Å²) in [7, 11) is 0. The Balaban J connectivity index is 1.59. The predicted molar refractivity (Wildman–Crippen MR) is 102 cm³/mol. The molecule has 0 radical (unpaired) electrons. The van der Waals surface area contributed by atoms with E-state index in [9.17, 15) is 4.79 Å². The highest BCUT2D eigenvalue weighted by atomic mass is 32.1. The van der Waals surface area contributed by atoms with Gasteiger partial charge < -0.3 is 5.32 Å². The van der Waals surface area contributed by atoms with Gasteiger partial charge in [0.1, 0.15) is 0 Å². The molecule has 1 aromatic carbocycles. The number of thiophene rings is 1. The van der Waals surface area contributed by atoms with Crippen molar-refractivity contribution in [3.63, 3.8) is 0 Å². The number of benzene rings is 1. The number of pyridine rings is 1. The van der Waals surface area contributed by atoms with Crippen LogP contribution in [0.3, 0.4) is 0 Å². The minimum absolute atomic E-state index is 0.0922. The molecule has 1 amide bonds. The van der Waals surface area contributed by atoms with Gasteiger partial charge in [0.15, 0.2) is 0 Å². The zero-order valence-electron chi connectivity index (χ0n) is 13.3. The number of nitrogens with zero attached hydrogens (tertiary/aromatic N) is 2. The highest BCUT2D eigenvalue weighted by Crippen LogP contribution is 2.25. The highest BCUT2D eigenvalue weighted by Gasteiger charge is 2.16. The lowest BCUT2D eigenvalue weighted by atomic mass is 9.97. The Labute approximate surface area is 149 Å². The van der Waals surface area contributed by atoms with Crippen LogP contribution in [0.2, 0.25) is 0 Å². The number of hydrogen-bond acceptors (Lipinski definition) is 4. The van der Waals surface area contributed by atoms with E-state index in [0.29, 0.717) is 11.4 Å². The third kappa shape index (κ3) is 3.27. The summed E-state index contributed by atoms with van der Waals surface area (Å²) in [5.74, 6) is -0.0922. The van der Waals surface area contributed by atoms with Gasteiger partial charge in [-0.05, 0) is 41.3 Å². The number of rotatable bonds is 4. The van der Waals surface area contributed by atoms with Gasteiger partial charge in [-0.3, -0.25) is 14.8 Å². The second kappa shape index (κ2) is 6.83. The molecule has 0 fully saturated rings. The largest absolute Gasteiger partial charge is 0.321 e. The normalized spacial score (nSPS) is 13.3. The van der Waals surface area contributed by atoms with Crippen molar-refractivity contribution in [3.8, 4) is 0 Å². The first-order chi connectivity index (χ1) is 12.3. The topological polar surface area (TPSA) is 54.4 Å². The molecule has 122 valence electrons. The van der Waals surface area contributed by atoms with Crippen LogP contribution < -0.4 is 5.32 Å². The van der Waals surface area contributed by atoms with Crippen molar-refractivity contribution >= 4 is 34.2 Å². The molecule has 4 rings (SSSR count). The SMILES string of the molecule is O=C(Nc1cccc(C2=NCC=C2c2ccncc2)c1)c1cccs1. The molecule has 0 atom stereocenters. The number of aliphatic imine (C=N–C) groups is 1. The van der Waals surface area contributed by atoms with Gasteiger partial charge >= 0.3 is 0 Å². The van der Waals surface area contributed by atoms with Gasteiger partial charge in [-0.1, -0.05) is 24.3 Å². The van der Waals surface area contributed by atoms with Crippen LogP contribution in [0.1, 0.15) is 20.8 Å². The summed E-state index contributed by atoms with van der Waals surface area (Å²) in [6.45, 7) is 0.665. The molecule has 25 heavy (non-hydrogen) atoms. The summed E-state index contributed by atoms with van der Waals surface area (Å²) in [6, 6.07) is 15.4. The summed E-state index contributed by atoms with van der Waals surface area (Å²) in [5, 5.41) is 4.84. The molecular formula is C20H15N3OS. The van der Waals surface area contributed by atoms with Crippen LogP contribution in [0.5, 0.6) is 0 Å². The number of carbonyl (C=O) groups excluding carboxylic acids is 1. The third-order valence-electron chi connectivity index (χ3n) is 3.93. The molecule has 5 heteroatoms. The predicted octanol–water partition coefficient (Wildman–Crippen LogP) is 4.28. The Morgan fingerprint density at radius 3 is 2.72 bits per heavy atom. The van der Waals surface area contributed by atoms with E-state index in [2.05, 4.69) is 21.4 Å². The molecule has 3 heterocycles. The van der Waals surface area contributed by atoms with Gasteiger partial charge in [-0.25, -0.2) is 0 Å². The lowest BCUT2D eigenvalue weighted by Gasteiger charge is -2.10. The number of nitrogens with one attached hydrogen (secondary N) is 1. The highest BCUT2D eigenvalue weighted by molar-refractivity contribution is 7.12. The zero-order chi connectivity index (χ0) is 17.1. The molecule has 3 aromatic rings. The molecule has 1 aliphatic heterocycles. The Morgan fingerprint density at radius 1 is 1.04 bits per heavy atom. The van der Waals surface area contributed by atoms with Crippen molar-refractivity contribution < 1.29 is 4.79 Å². The maximum absolute atomic E-state index is 12.2. The van der Waals surface area contributed by atoms with Crippen molar-refractivity contribution in [2.45, 2.75) is 0 Å². The van der Waals surface area contributed by atoms with Crippen LogP contribution in [0, 0.1) is 0 Å². The summed E-state index contributed by atoms with van der Waals surface area (Å²) in [6.07, 6.45) is 5.68. The summed E-state index contributed by atoms with van der Waals surface area (Å²) >= 11 is 1.43. The lowest BCUT2D eigenvalue weighted by Crippen LogP contribution is -2.11. The molecule has 0 aliphatic carbocycles. The maximum Gasteiger partial charge on any atom is 0.265 e. The Bertz CT molecular complexity index is 960. The fraction of sp³-hybridized carbons (Fsp3) is 0.0500. The fourth-order valence-electron chi connectivity index (χ4n) is 2.79. The quantitative estimate of drug-likeness (QED) is 0.767. The molecule has 4 nitrogen and oxygen atoms in total. The van der Waals surface area contributed by atoms with E-state index < -0.39 is 0 Å². The maximum atomic E-state index is 12.2. The van der Waals surface area contributed by atoms with Crippen molar-refractivity contribution in [1.82, 2.24) is 4.98 Å². The average Bonchev–Trinajstić information content (AvgIpc) is 3.34. The lowest BCUT2D eigenvalue weighted by molar-refractivity contribution is 0.103. The molecule has 0 unspecified atom stereocenters. The molecule has 0 saturated carbocycles. The second-order valence-electron chi connectivity index (χ2n) is 5.56. The van der Waals surface area contributed by atoms with E-state index in [0.717, 1.165) is 28.1 Å². The number of aromatic nitrogens is 1. The Kier molecular flexibility index (Phi) is 4.23. The van der Waals surface area contributed by atoms with E-state index in [1.54, 1.807) is 12.4 Å². The van der Waals surface area contributed by atoms with Crippen LogP contribution in [-0.2, 0) is 0 Å². The van der Waals surface area contributed by atoms with E-state index >= 15 is 0 Å². The van der Waals surface area contributed by atoms with Crippen LogP contribution >= 0.6 is 11.3 Å². The van der Waals surface area contributed by atoms with Gasteiger partial charge in [0, 0.05) is 29.2 Å². The molecule has 0 saturated heterocycles. The first-order valence-corrected chi connectivity index (χ1v) is 8.80. The molecule has 1 aliphatic rings. The summed E-state index contributed by atoms with van der Waals surface area (Å²) < 4.78 is 0. The monoisotopic (exact) mass is 345 g/mol. The number of carbonyl (C=O) groups is 1. The molecule has 1 N–H and O–H groups in total. The van der Waals surface area contributed by atoms with Crippen LogP contribution in [0.4, 0.5) is 5.69 Å². The van der Waals surface area contributed by atoms with Gasteiger partial charge in [-0.15, -0.1) is 11.3 Å². The van der Waals surface area contributed by atoms with E-state index in [1.807, 2.05) is 53.9 Å².